The number of nitrogens with zero attached hydrogens (tertiary/aromatic N) is 5. The van der Waals surface area contributed by atoms with Gasteiger partial charge in [0.2, 0.25) is 0 Å². The number of urea groups is 1. The number of hydrogen-bond donors (Lipinski definition) is 2. The molecule has 2 heterocycles. The smallest absolute Gasteiger partial charge is 0.276 e. The van der Waals surface area contributed by atoms with Crippen molar-refractivity contribution in [2.45, 2.75) is 19.5 Å². The molecule has 1 aromatic carbocycles. The van der Waals surface area contributed by atoms with Gasteiger partial charge in [0.05, 0.1) is 0 Å². The lowest BCUT2D eigenvalue weighted by Crippen LogP contribution is -2.40. The van der Waals surface area contributed by atoms with Gasteiger partial charge in [0, 0.05) is 18.7 Å². The molecule has 20 heavy (non-hydrogen) atoms. The average Bonchev–Trinajstić information content (AvgIpc) is 3.06. The Bertz CT molecular complexity index is 571. The number of hydrazine groups is 1. The van der Waals surface area contributed by atoms with E-state index in [0.717, 1.165) is 5.69 Å². The molecule has 2 amide bonds. The highest BCUT2D eigenvalue weighted by molar-refractivity contribution is 5.93. The van der Waals surface area contributed by atoms with Crippen LogP contribution in [0.3, 0.4) is 0 Å². The number of aromatic nitrogens is 4. The first-order valence-corrected chi connectivity index (χ1v) is 6.39. The molecule has 1 saturated heterocycles. The minimum absolute atomic E-state index is 0.0724. The standard InChI is InChI=1S/C12H15N7O/c1-9-18(8-7-11-13-16-17-14-11)15-12(20)19(9)10-5-3-2-4-6-10/h2-6,9H,7-8H2,1H3,(H,15,20)(H,13,14,16,17). The van der Waals surface area contributed by atoms with E-state index in [2.05, 4.69) is 26.0 Å². The summed E-state index contributed by atoms with van der Waals surface area (Å²) < 4.78 is 0. The molecule has 1 aliphatic heterocycles. The van der Waals surface area contributed by atoms with Crippen LogP contribution in [0.25, 0.3) is 0 Å². The summed E-state index contributed by atoms with van der Waals surface area (Å²) in [5.74, 6) is 0.629. The van der Waals surface area contributed by atoms with E-state index < -0.39 is 0 Å². The number of anilines is 1. The average molecular weight is 273 g/mol. The number of rotatable bonds is 4. The number of carbonyl (C=O) groups excluding carboxylic acids is 1. The van der Waals surface area contributed by atoms with Crippen LogP contribution in [0.15, 0.2) is 30.3 Å². The molecule has 0 bridgehead atoms. The molecular formula is C12H15N7O. The van der Waals surface area contributed by atoms with Crippen LogP contribution in [0.1, 0.15) is 12.7 Å². The number of tetrazole rings is 1. The van der Waals surface area contributed by atoms with Crippen LogP contribution in [-0.2, 0) is 6.42 Å². The summed E-state index contributed by atoms with van der Waals surface area (Å²) in [6.07, 6.45) is 0.542. The Labute approximate surface area is 115 Å². The number of amides is 2. The lowest BCUT2D eigenvalue weighted by Gasteiger charge is -2.24. The number of nitrogens with one attached hydrogen (secondary N) is 2. The lowest BCUT2D eigenvalue weighted by molar-refractivity contribution is 0.195. The molecule has 2 aromatic rings. The summed E-state index contributed by atoms with van der Waals surface area (Å²) in [7, 11) is 0. The third-order valence-corrected chi connectivity index (χ3v) is 3.28. The van der Waals surface area contributed by atoms with Gasteiger partial charge in [0.15, 0.2) is 5.82 Å². The molecule has 1 aliphatic rings. The maximum atomic E-state index is 12.1. The van der Waals surface area contributed by atoms with Crippen molar-refractivity contribution in [1.82, 2.24) is 31.1 Å². The quantitative estimate of drug-likeness (QED) is 0.848. The van der Waals surface area contributed by atoms with Crippen molar-refractivity contribution in [3.63, 3.8) is 0 Å². The van der Waals surface area contributed by atoms with Gasteiger partial charge in [-0.2, -0.15) is 10.2 Å². The SMILES string of the molecule is CC1N(CCc2nn[nH]n2)NC(=O)N1c1ccccc1. The van der Waals surface area contributed by atoms with Gasteiger partial charge in [-0.25, -0.2) is 4.79 Å². The van der Waals surface area contributed by atoms with E-state index in [4.69, 9.17) is 0 Å². The van der Waals surface area contributed by atoms with Gasteiger partial charge in [-0.1, -0.05) is 23.4 Å². The number of para-hydroxylation sites is 1. The van der Waals surface area contributed by atoms with E-state index in [1.54, 1.807) is 4.90 Å². The highest BCUT2D eigenvalue weighted by Gasteiger charge is 2.35. The first-order chi connectivity index (χ1) is 9.75. The molecule has 8 nitrogen and oxygen atoms in total. The number of aromatic amines is 1. The highest BCUT2D eigenvalue weighted by Crippen LogP contribution is 2.22. The zero-order chi connectivity index (χ0) is 13.9. The molecule has 104 valence electrons. The third kappa shape index (κ3) is 2.32. The first-order valence-electron chi connectivity index (χ1n) is 6.39. The van der Waals surface area contributed by atoms with E-state index in [1.165, 1.54) is 0 Å². The van der Waals surface area contributed by atoms with Gasteiger partial charge in [0.25, 0.3) is 0 Å². The van der Waals surface area contributed by atoms with Crippen LogP contribution in [0, 0.1) is 0 Å². The molecule has 0 aliphatic carbocycles. The van der Waals surface area contributed by atoms with Gasteiger partial charge in [0.1, 0.15) is 6.17 Å². The summed E-state index contributed by atoms with van der Waals surface area (Å²) in [4.78, 5) is 13.8. The molecule has 0 saturated carbocycles. The van der Waals surface area contributed by atoms with Crippen LogP contribution >= 0.6 is 0 Å². The first kappa shape index (κ1) is 12.5. The topological polar surface area (TPSA) is 90.0 Å². The fourth-order valence-electron chi connectivity index (χ4n) is 2.25. The van der Waals surface area contributed by atoms with Crippen molar-refractivity contribution in [1.29, 1.82) is 0 Å². The Kier molecular flexibility index (Phi) is 3.30. The van der Waals surface area contributed by atoms with E-state index in [9.17, 15) is 4.79 Å². The van der Waals surface area contributed by atoms with Crippen molar-refractivity contribution in [3.8, 4) is 0 Å². The van der Waals surface area contributed by atoms with E-state index in [0.29, 0.717) is 18.8 Å². The zero-order valence-electron chi connectivity index (χ0n) is 11.0. The second kappa shape index (κ2) is 5.25. The molecule has 1 aromatic heterocycles. The molecule has 1 fully saturated rings. The van der Waals surface area contributed by atoms with Crippen LogP contribution < -0.4 is 10.3 Å². The van der Waals surface area contributed by atoms with Crippen LogP contribution in [0.2, 0.25) is 0 Å². The molecule has 3 rings (SSSR count). The summed E-state index contributed by atoms with van der Waals surface area (Å²) in [6, 6.07) is 9.46. The summed E-state index contributed by atoms with van der Waals surface area (Å²) >= 11 is 0. The Morgan fingerprint density at radius 3 is 2.80 bits per heavy atom. The molecular weight excluding hydrogens is 258 g/mol. The number of hydrogen-bond acceptors (Lipinski definition) is 5. The van der Waals surface area contributed by atoms with Gasteiger partial charge in [-0.15, -0.1) is 10.2 Å². The van der Waals surface area contributed by atoms with Gasteiger partial charge in [-0.3, -0.25) is 10.3 Å². The normalized spacial score (nSPS) is 19.4. The van der Waals surface area contributed by atoms with Crippen molar-refractivity contribution in [3.05, 3.63) is 36.2 Å². The maximum Gasteiger partial charge on any atom is 0.337 e. The summed E-state index contributed by atoms with van der Waals surface area (Å²) in [5, 5.41) is 15.6. The Morgan fingerprint density at radius 1 is 1.30 bits per heavy atom. The lowest BCUT2D eigenvalue weighted by atomic mass is 10.3. The zero-order valence-corrected chi connectivity index (χ0v) is 11.0. The van der Waals surface area contributed by atoms with E-state index in [1.807, 2.05) is 42.3 Å². The van der Waals surface area contributed by atoms with E-state index in [-0.39, 0.29) is 12.2 Å². The van der Waals surface area contributed by atoms with Gasteiger partial charge < -0.3 is 0 Å². The van der Waals surface area contributed by atoms with Crippen molar-refractivity contribution >= 4 is 11.7 Å². The maximum absolute atomic E-state index is 12.1. The number of benzene rings is 1. The molecule has 1 atom stereocenters. The third-order valence-electron chi connectivity index (χ3n) is 3.28. The minimum Gasteiger partial charge on any atom is -0.276 e. The van der Waals surface area contributed by atoms with Crippen LogP contribution in [0.5, 0.6) is 0 Å². The Balaban J connectivity index is 1.69. The van der Waals surface area contributed by atoms with E-state index >= 15 is 0 Å². The predicted molar refractivity (Wildman–Crippen MR) is 71.5 cm³/mol. The summed E-state index contributed by atoms with van der Waals surface area (Å²) in [6.45, 7) is 2.59. The van der Waals surface area contributed by atoms with Crippen molar-refractivity contribution < 1.29 is 4.79 Å². The second-order valence-corrected chi connectivity index (χ2v) is 4.53. The molecule has 1 unspecified atom stereocenters. The van der Waals surface area contributed by atoms with Crippen LogP contribution in [0.4, 0.5) is 10.5 Å². The fourth-order valence-corrected chi connectivity index (χ4v) is 2.25. The largest absolute Gasteiger partial charge is 0.337 e. The molecule has 8 heteroatoms. The Hall–Kier alpha value is -2.48. The molecule has 0 spiro atoms. The van der Waals surface area contributed by atoms with Crippen LogP contribution in [-0.4, -0.2) is 44.4 Å². The predicted octanol–water partition coefficient (Wildman–Crippen LogP) is 0.535. The Morgan fingerprint density at radius 2 is 2.10 bits per heavy atom. The molecule has 2 N–H and O–H groups in total. The van der Waals surface area contributed by atoms with Crippen molar-refractivity contribution in [2.24, 2.45) is 0 Å². The number of carbonyl (C=O) groups is 1. The summed E-state index contributed by atoms with van der Waals surface area (Å²) in [5.41, 5.74) is 3.72. The van der Waals surface area contributed by atoms with Gasteiger partial charge >= 0.3 is 6.03 Å². The second-order valence-electron chi connectivity index (χ2n) is 4.53. The number of H-pyrrole nitrogens is 1. The highest BCUT2D eigenvalue weighted by atomic mass is 16.2. The fraction of sp³-hybridized carbons (Fsp3) is 0.333. The van der Waals surface area contributed by atoms with Gasteiger partial charge in [-0.05, 0) is 19.1 Å². The monoisotopic (exact) mass is 273 g/mol. The molecule has 0 radical (unpaired) electrons. The van der Waals surface area contributed by atoms with Crippen molar-refractivity contribution in [2.75, 3.05) is 11.4 Å². The minimum atomic E-state index is -0.128.